The van der Waals surface area contributed by atoms with Crippen molar-refractivity contribution in [1.29, 1.82) is 0 Å². The Balaban J connectivity index is 1.52. The van der Waals surface area contributed by atoms with Crippen LogP contribution in [0.15, 0.2) is 42.6 Å². The smallest absolute Gasteiger partial charge is 0.417 e. The van der Waals surface area contributed by atoms with Crippen LogP contribution in [0, 0.1) is 0 Å². The number of aromatic hydroxyl groups is 1. The van der Waals surface area contributed by atoms with E-state index in [0.29, 0.717) is 40.7 Å². The monoisotopic (exact) mass is 619 g/mol. The molecule has 0 spiro atoms. The minimum atomic E-state index is -4.65. The normalized spacial score (nSPS) is 16.3. The number of aromatic amines is 1. The van der Waals surface area contributed by atoms with Gasteiger partial charge < -0.3 is 19.6 Å². The van der Waals surface area contributed by atoms with E-state index in [9.17, 15) is 23.1 Å². The number of ether oxygens (including phenoxy) is 1. The number of fused-ring (bicyclic) bond motifs is 1. The van der Waals surface area contributed by atoms with Gasteiger partial charge in [0.15, 0.2) is 5.13 Å². The fourth-order valence-electron chi connectivity index (χ4n) is 4.77. The molecule has 1 unspecified atom stereocenters. The summed E-state index contributed by atoms with van der Waals surface area (Å²) in [6.45, 7) is 6.43. The molecular formula is C29H29ClF3N5O3S. The first-order valence-electron chi connectivity index (χ1n) is 13.1. The maximum atomic E-state index is 14.0. The summed E-state index contributed by atoms with van der Waals surface area (Å²) in [5, 5.41) is 19.1. The van der Waals surface area contributed by atoms with Gasteiger partial charge in [0.2, 0.25) is 5.88 Å². The Hall–Kier alpha value is -3.77. The number of hydrogen-bond acceptors (Lipinski definition) is 7. The molecule has 5 rings (SSSR count). The summed E-state index contributed by atoms with van der Waals surface area (Å²) in [6.07, 6.45) is -1.42. The van der Waals surface area contributed by atoms with Crippen molar-refractivity contribution in [3.05, 3.63) is 69.2 Å². The predicted octanol–water partition coefficient (Wildman–Crippen LogP) is 7.43. The second-order valence-electron chi connectivity index (χ2n) is 11.1. The minimum absolute atomic E-state index is 0.0382. The van der Waals surface area contributed by atoms with E-state index in [1.165, 1.54) is 29.5 Å². The number of alkyl halides is 3. The van der Waals surface area contributed by atoms with Crippen LogP contribution in [0.3, 0.4) is 0 Å². The number of rotatable bonds is 5. The van der Waals surface area contributed by atoms with Gasteiger partial charge in [0.05, 0.1) is 23.3 Å². The maximum absolute atomic E-state index is 14.0. The molecule has 13 heteroatoms. The number of likely N-dealkylation sites (N-methyl/N-ethyl adjacent to an activating group) is 1. The second-order valence-corrected chi connectivity index (χ2v) is 12.5. The van der Waals surface area contributed by atoms with Crippen molar-refractivity contribution in [2.45, 2.75) is 45.0 Å². The van der Waals surface area contributed by atoms with Gasteiger partial charge in [0.25, 0.3) is 0 Å². The lowest BCUT2D eigenvalue weighted by molar-refractivity contribution is -0.137. The van der Waals surface area contributed by atoms with Crippen LogP contribution in [0.25, 0.3) is 22.6 Å². The number of hydrogen-bond donors (Lipinski definition) is 2. The third kappa shape index (κ3) is 6.34. The van der Waals surface area contributed by atoms with Crippen molar-refractivity contribution in [2.75, 3.05) is 25.0 Å². The number of carbonyl (C=O) groups is 1. The molecule has 2 aromatic heterocycles. The fraction of sp³-hybridized carbons (Fsp3) is 0.345. The van der Waals surface area contributed by atoms with E-state index in [-0.39, 0.29) is 22.5 Å². The van der Waals surface area contributed by atoms with Crippen molar-refractivity contribution in [1.82, 2.24) is 20.1 Å². The van der Waals surface area contributed by atoms with E-state index >= 15 is 0 Å². The molecule has 1 atom stereocenters. The molecule has 3 heterocycles. The zero-order chi connectivity index (χ0) is 30.4. The summed E-state index contributed by atoms with van der Waals surface area (Å²) >= 11 is 7.08. The van der Waals surface area contributed by atoms with Crippen LogP contribution in [0.5, 0.6) is 5.88 Å². The number of carbonyl (C=O) groups excluding carboxylic acids is 1. The minimum Gasteiger partial charge on any atom is -0.492 e. The Morgan fingerprint density at radius 2 is 2.00 bits per heavy atom. The first-order valence-corrected chi connectivity index (χ1v) is 14.3. The van der Waals surface area contributed by atoms with Crippen LogP contribution in [0.1, 0.15) is 48.8 Å². The van der Waals surface area contributed by atoms with Crippen LogP contribution in [0.4, 0.5) is 23.1 Å². The summed E-state index contributed by atoms with van der Waals surface area (Å²) in [5.74, 6) is -0.306. The number of amides is 1. The third-order valence-corrected chi connectivity index (χ3v) is 8.25. The van der Waals surface area contributed by atoms with Gasteiger partial charge in [-0.1, -0.05) is 35.1 Å². The number of H-pyrrole nitrogens is 1. The van der Waals surface area contributed by atoms with Gasteiger partial charge in [-0.15, -0.1) is 0 Å². The molecular weight excluding hydrogens is 591 g/mol. The van der Waals surface area contributed by atoms with Crippen LogP contribution in [-0.2, 0) is 10.9 Å². The standard InChI is InChI=1S/C29H29ClF3N5O3S/c1-28(2,3)41-27(40)37(4)20-9-10-38(15-20)26-35-25(39)24(42-26)21(16-6-8-23-18(11-16)14-34-36-23)12-17-5-7-19(30)13-22(17)29(31,32)33/h5-8,11-14,20,39H,9-10,15H2,1-4H3,(H,34,36). The SMILES string of the molecule is CN(C(=O)OC(C)(C)C)C1CCN(c2nc(O)c(C(=Cc3ccc(Cl)cc3C(F)(F)F)c3ccc4[nH]ncc4c3)s2)C1. The highest BCUT2D eigenvalue weighted by Gasteiger charge is 2.35. The topological polar surface area (TPSA) is 94.6 Å². The Morgan fingerprint density at radius 1 is 1.24 bits per heavy atom. The molecule has 1 aliphatic rings. The van der Waals surface area contributed by atoms with Crippen molar-refractivity contribution in [2.24, 2.45) is 0 Å². The Bertz CT molecular complexity index is 1660. The molecule has 0 saturated carbocycles. The number of benzene rings is 2. The molecule has 8 nitrogen and oxygen atoms in total. The van der Waals surface area contributed by atoms with Gasteiger partial charge in [-0.3, -0.25) is 5.10 Å². The number of aromatic nitrogens is 3. The molecule has 0 bridgehead atoms. The van der Waals surface area contributed by atoms with Crippen molar-refractivity contribution in [3.63, 3.8) is 0 Å². The summed E-state index contributed by atoms with van der Waals surface area (Å²) in [6, 6.07) is 8.74. The summed E-state index contributed by atoms with van der Waals surface area (Å²) < 4.78 is 47.4. The van der Waals surface area contributed by atoms with Gasteiger partial charge in [0, 0.05) is 36.1 Å². The number of nitrogens with zero attached hydrogens (tertiary/aromatic N) is 4. The Labute approximate surface area is 249 Å². The van der Waals surface area contributed by atoms with Crippen LogP contribution in [0.2, 0.25) is 5.02 Å². The first kappa shape index (κ1) is 29.7. The quantitative estimate of drug-likeness (QED) is 0.226. The van der Waals surface area contributed by atoms with E-state index in [2.05, 4.69) is 15.2 Å². The zero-order valence-corrected chi connectivity index (χ0v) is 24.9. The highest BCUT2D eigenvalue weighted by molar-refractivity contribution is 7.17. The van der Waals surface area contributed by atoms with Gasteiger partial charge in [-0.2, -0.15) is 23.3 Å². The molecule has 1 amide bonds. The largest absolute Gasteiger partial charge is 0.492 e. The summed E-state index contributed by atoms with van der Waals surface area (Å²) in [7, 11) is 1.68. The summed E-state index contributed by atoms with van der Waals surface area (Å²) in [5.41, 5.74) is 0.0532. The fourth-order valence-corrected chi connectivity index (χ4v) is 5.98. The Morgan fingerprint density at radius 3 is 2.71 bits per heavy atom. The molecule has 1 fully saturated rings. The van der Waals surface area contributed by atoms with Gasteiger partial charge >= 0.3 is 12.3 Å². The van der Waals surface area contributed by atoms with Crippen molar-refractivity contribution >= 4 is 56.7 Å². The lowest BCUT2D eigenvalue weighted by atomic mass is 9.98. The van der Waals surface area contributed by atoms with Gasteiger partial charge in [-0.25, -0.2) is 4.79 Å². The molecule has 0 radical (unpaired) electrons. The molecule has 0 aliphatic carbocycles. The molecule has 1 saturated heterocycles. The molecule has 1 aliphatic heterocycles. The molecule has 4 aromatic rings. The average molecular weight is 620 g/mol. The highest BCUT2D eigenvalue weighted by Crippen LogP contribution is 2.43. The van der Waals surface area contributed by atoms with E-state index in [4.69, 9.17) is 16.3 Å². The van der Waals surface area contributed by atoms with Crippen molar-refractivity contribution in [3.8, 4) is 5.88 Å². The lowest BCUT2D eigenvalue weighted by Gasteiger charge is -2.28. The van der Waals surface area contributed by atoms with E-state index in [1.54, 1.807) is 57.1 Å². The third-order valence-electron chi connectivity index (χ3n) is 6.88. The number of halogens is 4. The van der Waals surface area contributed by atoms with Crippen molar-refractivity contribution < 1.29 is 27.8 Å². The predicted molar refractivity (Wildman–Crippen MR) is 158 cm³/mol. The van der Waals surface area contributed by atoms with Crippen LogP contribution < -0.4 is 4.90 Å². The molecule has 2 N–H and O–H groups in total. The first-order chi connectivity index (χ1) is 19.7. The van der Waals surface area contributed by atoms with E-state index < -0.39 is 23.4 Å². The highest BCUT2D eigenvalue weighted by atomic mass is 35.5. The molecule has 222 valence electrons. The maximum Gasteiger partial charge on any atom is 0.417 e. The Kier molecular flexibility index (Phi) is 7.88. The van der Waals surface area contributed by atoms with Crippen LogP contribution >= 0.6 is 22.9 Å². The second kappa shape index (κ2) is 11.1. The van der Waals surface area contributed by atoms with E-state index in [1.807, 2.05) is 4.90 Å². The number of thiazole rings is 1. The molecule has 42 heavy (non-hydrogen) atoms. The molecule has 2 aromatic carbocycles. The van der Waals surface area contributed by atoms with E-state index in [0.717, 1.165) is 17.0 Å². The number of nitrogens with one attached hydrogen (secondary N) is 1. The lowest BCUT2D eigenvalue weighted by Crippen LogP contribution is -2.42. The van der Waals surface area contributed by atoms with Crippen LogP contribution in [-0.4, -0.2) is 63.1 Å². The number of anilines is 1. The van der Waals surface area contributed by atoms with Gasteiger partial charge in [0.1, 0.15) is 10.5 Å². The average Bonchev–Trinajstić information content (AvgIpc) is 3.65. The zero-order valence-electron chi connectivity index (χ0n) is 23.3. The summed E-state index contributed by atoms with van der Waals surface area (Å²) in [4.78, 5) is 20.8. The van der Waals surface area contributed by atoms with Gasteiger partial charge in [-0.05, 0) is 68.7 Å².